The normalized spacial score (nSPS) is 20.3. The average Bonchev–Trinajstić information content (AvgIpc) is 2.84. The molecule has 1 fully saturated rings. The number of aromatic amines is 1. The minimum Gasteiger partial charge on any atom is -0.329 e. The first-order valence-electron chi connectivity index (χ1n) is 5.81. The van der Waals surface area contributed by atoms with Gasteiger partial charge in [0.2, 0.25) is 0 Å². The summed E-state index contributed by atoms with van der Waals surface area (Å²) in [5.41, 5.74) is 5.26. The first-order chi connectivity index (χ1) is 8.08. The number of aromatic nitrogens is 2. The molecule has 0 aliphatic heterocycles. The predicted octanol–water partition coefficient (Wildman–Crippen LogP) is 0.350. The van der Waals surface area contributed by atoms with Gasteiger partial charge < -0.3 is 5.73 Å². The second-order valence-corrected chi connectivity index (χ2v) is 6.22. The molecule has 1 heterocycles. The maximum Gasteiger partial charge on any atom is 0.258 e. The van der Waals surface area contributed by atoms with E-state index in [1.807, 2.05) is 0 Å². The van der Waals surface area contributed by atoms with Crippen molar-refractivity contribution in [3.05, 3.63) is 12.3 Å². The van der Waals surface area contributed by atoms with Crippen molar-refractivity contribution in [1.29, 1.82) is 0 Å². The van der Waals surface area contributed by atoms with Crippen LogP contribution in [0.25, 0.3) is 0 Å². The first-order valence-corrected chi connectivity index (χ1v) is 7.30. The number of nitrogens with two attached hydrogens (primary N) is 1. The second kappa shape index (κ2) is 4.75. The van der Waals surface area contributed by atoms with Crippen LogP contribution in [0.5, 0.6) is 0 Å². The molecule has 7 heteroatoms. The SMILES string of the molecule is NCC1(NS(=O)(=O)c2ccn[nH]2)CCCCC1. The maximum absolute atomic E-state index is 12.1. The van der Waals surface area contributed by atoms with Gasteiger partial charge in [0, 0.05) is 12.1 Å². The third kappa shape index (κ3) is 2.67. The molecule has 1 aliphatic rings. The van der Waals surface area contributed by atoms with Gasteiger partial charge in [0.1, 0.15) is 0 Å². The Morgan fingerprint density at radius 1 is 1.41 bits per heavy atom. The van der Waals surface area contributed by atoms with Gasteiger partial charge in [-0.15, -0.1) is 0 Å². The van der Waals surface area contributed by atoms with E-state index in [1.165, 1.54) is 12.3 Å². The van der Waals surface area contributed by atoms with E-state index in [2.05, 4.69) is 14.9 Å². The van der Waals surface area contributed by atoms with Crippen LogP contribution in [0.4, 0.5) is 0 Å². The summed E-state index contributed by atoms with van der Waals surface area (Å²) < 4.78 is 26.9. The van der Waals surface area contributed by atoms with Crippen LogP contribution >= 0.6 is 0 Å². The van der Waals surface area contributed by atoms with Crippen molar-refractivity contribution in [2.45, 2.75) is 42.7 Å². The van der Waals surface area contributed by atoms with E-state index < -0.39 is 15.6 Å². The molecule has 6 nitrogen and oxygen atoms in total. The average molecular weight is 258 g/mol. The lowest BCUT2D eigenvalue weighted by molar-refractivity contribution is 0.276. The molecule has 1 aromatic rings. The van der Waals surface area contributed by atoms with E-state index in [4.69, 9.17) is 5.73 Å². The maximum atomic E-state index is 12.1. The molecule has 17 heavy (non-hydrogen) atoms. The molecule has 1 aromatic heterocycles. The minimum atomic E-state index is -3.54. The first kappa shape index (κ1) is 12.5. The zero-order valence-corrected chi connectivity index (χ0v) is 10.5. The highest BCUT2D eigenvalue weighted by Crippen LogP contribution is 2.28. The lowest BCUT2D eigenvalue weighted by atomic mass is 9.83. The Kier molecular flexibility index (Phi) is 3.50. The van der Waals surface area contributed by atoms with E-state index in [-0.39, 0.29) is 5.03 Å². The molecular weight excluding hydrogens is 240 g/mol. The van der Waals surface area contributed by atoms with Gasteiger partial charge in [-0.05, 0) is 18.9 Å². The summed E-state index contributed by atoms with van der Waals surface area (Å²) in [4.78, 5) is 0. The summed E-state index contributed by atoms with van der Waals surface area (Å²) in [5.74, 6) is 0. The molecule has 0 unspecified atom stereocenters. The lowest BCUT2D eigenvalue weighted by Crippen LogP contribution is -2.54. The fraction of sp³-hybridized carbons (Fsp3) is 0.700. The predicted molar refractivity (Wildman–Crippen MR) is 63.8 cm³/mol. The molecule has 96 valence electrons. The summed E-state index contributed by atoms with van der Waals surface area (Å²) >= 11 is 0. The number of H-pyrrole nitrogens is 1. The Bertz CT molecular complexity index is 449. The highest BCUT2D eigenvalue weighted by atomic mass is 32.2. The largest absolute Gasteiger partial charge is 0.329 e. The van der Waals surface area contributed by atoms with Crippen molar-refractivity contribution in [3.8, 4) is 0 Å². The summed E-state index contributed by atoms with van der Waals surface area (Å²) in [5, 5.41) is 6.22. The molecular formula is C10H18N4O2S. The second-order valence-electron chi connectivity index (χ2n) is 4.57. The Morgan fingerprint density at radius 2 is 2.12 bits per heavy atom. The van der Waals surface area contributed by atoms with Crippen LogP contribution in [0, 0.1) is 0 Å². The Balaban J connectivity index is 2.19. The number of hydrogen-bond donors (Lipinski definition) is 3. The minimum absolute atomic E-state index is 0.0934. The highest BCUT2D eigenvalue weighted by molar-refractivity contribution is 7.89. The van der Waals surface area contributed by atoms with Crippen LogP contribution in [0.3, 0.4) is 0 Å². The molecule has 2 rings (SSSR count). The summed E-state index contributed by atoms with van der Waals surface area (Å²) in [6.07, 6.45) is 6.21. The zero-order chi connectivity index (χ0) is 12.4. The van der Waals surface area contributed by atoms with E-state index in [1.54, 1.807) is 0 Å². The smallest absolute Gasteiger partial charge is 0.258 e. The number of nitrogens with zero attached hydrogens (tertiary/aromatic N) is 1. The molecule has 1 aliphatic carbocycles. The molecule has 0 atom stereocenters. The van der Waals surface area contributed by atoms with Gasteiger partial charge in [0.25, 0.3) is 10.0 Å². The summed E-state index contributed by atoms with van der Waals surface area (Å²) in [7, 11) is -3.54. The van der Waals surface area contributed by atoms with Crippen LogP contribution in [0.1, 0.15) is 32.1 Å². The van der Waals surface area contributed by atoms with Gasteiger partial charge in [-0.25, -0.2) is 13.1 Å². The van der Waals surface area contributed by atoms with Crippen LogP contribution in [0.2, 0.25) is 0 Å². The third-order valence-electron chi connectivity index (χ3n) is 3.32. The van der Waals surface area contributed by atoms with Crippen LogP contribution in [0.15, 0.2) is 17.3 Å². The fourth-order valence-electron chi connectivity index (χ4n) is 2.31. The molecule has 0 bridgehead atoms. The molecule has 0 aromatic carbocycles. The van der Waals surface area contributed by atoms with E-state index in [0.717, 1.165) is 32.1 Å². The summed E-state index contributed by atoms with van der Waals surface area (Å²) in [6.45, 7) is 0.334. The van der Waals surface area contributed by atoms with Gasteiger partial charge in [-0.1, -0.05) is 19.3 Å². The van der Waals surface area contributed by atoms with Gasteiger partial charge in [0.15, 0.2) is 5.03 Å². The topological polar surface area (TPSA) is 101 Å². The van der Waals surface area contributed by atoms with Crippen molar-refractivity contribution in [1.82, 2.24) is 14.9 Å². The molecule has 0 radical (unpaired) electrons. The fourth-order valence-corrected chi connectivity index (χ4v) is 3.69. The molecule has 0 saturated heterocycles. The number of rotatable bonds is 4. The Hall–Kier alpha value is -0.920. The van der Waals surface area contributed by atoms with Crippen LogP contribution < -0.4 is 10.5 Å². The quantitative estimate of drug-likeness (QED) is 0.725. The lowest BCUT2D eigenvalue weighted by Gasteiger charge is -2.36. The van der Waals surface area contributed by atoms with Crippen molar-refractivity contribution in [2.24, 2.45) is 5.73 Å². The van der Waals surface area contributed by atoms with E-state index in [0.29, 0.717) is 6.54 Å². The van der Waals surface area contributed by atoms with Crippen LogP contribution in [-0.4, -0.2) is 30.7 Å². The van der Waals surface area contributed by atoms with E-state index >= 15 is 0 Å². The van der Waals surface area contributed by atoms with Crippen LogP contribution in [-0.2, 0) is 10.0 Å². The molecule has 4 N–H and O–H groups in total. The van der Waals surface area contributed by atoms with Gasteiger partial charge in [-0.2, -0.15) is 5.10 Å². The zero-order valence-electron chi connectivity index (χ0n) is 9.65. The van der Waals surface area contributed by atoms with Crippen molar-refractivity contribution in [2.75, 3.05) is 6.54 Å². The monoisotopic (exact) mass is 258 g/mol. The summed E-state index contributed by atoms with van der Waals surface area (Å²) in [6, 6.07) is 1.44. The third-order valence-corrected chi connectivity index (χ3v) is 4.83. The molecule has 0 spiro atoms. The molecule has 0 amide bonds. The Labute approximate surface area is 101 Å². The number of hydrogen-bond acceptors (Lipinski definition) is 4. The Morgan fingerprint density at radius 3 is 2.65 bits per heavy atom. The highest BCUT2D eigenvalue weighted by Gasteiger charge is 2.35. The van der Waals surface area contributed by atoms with E-state index in [9.17, 15) is 8.42 Å². The van der Waals surface area contributed by atoms with Gasteiger partial charge in [-0.3, -0.25) is 5.10 Å². The number of sulfonamides is 1. The van der Waals surface area contributed by atoms with Crippen molar-refractivity contribution < 1.29 is 8.42 Å². The standard InChI is InChI=1S/C10H18N4O2S/c11-8-10(5-2-1-3-6-10)14-17(15,16)9-4-7-12-13-9/h4,7,14H,1-3,5-6,8,11H2,(H,12,13). The van der Waals surface area contributed by atoms with Crippen molar-refractivity contribution in [3.63, 3.8) is 0 Å². The molecule has 1 saturated carbocycles. The van der Waals surface area contributed by atoms with Gasteiger partial charge >= 0.3 is 0 Å². The van der Waals surface area contributed by atoms with Gasteiger partial charge in [0.05, 0.1) is 6.20 Å². The number of nitrogens with one attached hydrogen (secondary N) is 2. The van der Waals surface area contributed by atoms with Crippen molar-refractivity contribution >= 4 is 10.0 Å².